The number of carbonyl (C=O) groups is 1. The van der Waals surface area contributed by atoms with Gasteiger partial charge in [-0.3, -0.25) is 4.79 Å². The minimum Gasteiger partial charge on any atom is -0.374 e. The number of sulfonamides is 1. The van der Waals surface area contributed by atoms with Gasteiger partial charge in [0.2, 0.25) is 10.0 Å². The second-order valence-corrected chi connectivity index (χ2v) is 5.44. The van der Waals surface area contributed by atoms with E-state index >= 15 is 0 Å². The fraction of sp³-hybridized carbons (Fsp3) is 0.364. The number of rotatable bonds is 7. The van der Waals surface area contributed by atoms with E-state index in [0.717, 1.165) is 18.2 Å². The van der Waals surface area contributed by atoms with E-state index in [9.17, 15) is 26.4 Å². The molecule has 0 saturated carbocycles. The first-order valence-electron chi connectivity index (χ1n) is 5.68. The normalized spacial score (nSPS) is 11.7. The maximum atomic E-state index is 13.3. The maximum absolute atomic E-state index is 13.3. The number of ether oxygens (including phenoxy) is 1. The van der Waals surface area contributed by atoms with E-state index in [-0.39, 0.29) is 18.7 Å². The third-order valence-electron chi connectivity index (χ3n) is 2.28. The number of hydrogen-bond acceptors (Lipinski definition) is 4. The van der Waals surface area contributed by atoms with Crippen LogP contribution < -0.4 is 10.5 Å². The number of carbonyl (C=O) groups excluding carboxylic acids is 1. The minimum absolute atomic E-state index is 0.0619. The molecule has 0 unspecified atom stereocenters. The molecule has 0 radical (unpaired) electrons. The molecular formula is C11H13F3N2O4S. The molecule has 10 heteroatoms. The van der Waals surface area contributed by atoms with Crippen LogP contribution in [0.1, 0.15) is 10.4 Å². The second-order valence-electron chi connectivity index (χ2n) is 3.91. The van der Waals surface area contributed by atoms with Gasteiger partial charge in [-0.1, -0.05) is 0 Å². The first-order chi connectivity index (χ1) is 9.71. The number of amides is 1. The summed E-state index contributed by atoms with van der Waals surface area (Å²) in [6.45, 7) is -0.949. The number of alkyl halides is 2. The van der Waals surface area contributed by atoms with Crippen molar-refractivity contribution in [3.63, 3.8) is 0 Å². The fourth-order valence-corrected chi connectivity index (χ4v) is 2.00. The molecule has 0 saturated heterocycles. The van der Waals surface area contributed by atoms with Gasteiger partial charge < -0.3 is 10.1 Å². The molecule has 6 nitrogen and oxygen atoms in total. The van der Waals surface area contributed by atoms with E-state index in [1.165, 1.54) is 0 Å². The van der Waals surface area contributed by atoms with Gasteiger partial charge in [0.05, 0.1) is 6.61 Å². The van der Waals surface area contributed by atoms with E-state index < -0.39 is 39.7 Å². The zero-order valence-electron chi connectivity index (χ0n) is 10.7. The Hall–Kier alpha value is -1.65. The lowest BCUT2D eigenvalue weighted by Crippen LogP contribution is -2.28. The van der Waals surface area contributed by atoms with Crippen LogP contribution in [-0.2, 0) is 14.8 Å². The summed E-state index contributed by atoms with van der Waals surface area (Å²) >= 11 is 0. The van der Waals surface area contributed by atoms with Gasteiger partial charge in [0, 0.05) is 12.1 Å². The molecule has 1 aromatic carbocycles. The van der Waals surface area contributed by atoms with Gasteiger partial charge >= 0.3 is 0 Å². The highest BCUT2D eigenvalue weighted by atomic mass is 32.2. The Kier molecular flexibility index (Phi) is 6.12. The van der Waals surface area contributed by atoms with E-state index in [4.69, 9.17) is 5.14 Å². The standard InChI is InChI=1S/C11H13F3N2O4S/c12-8-2-1-7(5-9(8)21(15,18)19)11(17)16-3-4-20-6-10(13)14/h1-2,5,10H,3-4,6H2,(H,16,17)(H2,15,18,19). The lowest BCUT2D eigenvalue weighted by molar-refractivity contribution is 0.0188. The predicted octanol–water partition coefficient (Wildman–Crippen LogP) is 0.485. The quantitative estimate of drug-likeness (QED) is 0.712. The molecule has 0 aliphatic carbocycles. The molecule has 0 fully saturated rings. The van der Waals surface area contributed by atoms with Crippen molar-refractivity contribution in [2.75, 3.05) is 19.8 Å². The number of halogens is 3. The summed E-state index contributed by atoms with van der Waals surface area (Å²) in [5, 5.41) is 7.11. The van der Waals surface area contributed by atoms with Crippen molar-refractivity contribution in [2.45, 2.75) is 11.3 Å². The van der Waals surface area contributed by atoms with Crippen LogP contribution in [0.25, 0.3) is 0 Å². The summed E-state index contributed by atoms with van der Waals surface area (Å²) in [6, 6.07) is 2.65. The number of primary sulfonamides is 1. The largest absolute Gasteiger partial charge is 0.374 e. The van der Waals surface area contributed by atoms with Gasteiger partial charge in [-0.2, -0.15) is 0 Å². The average Bonchev–Trinajstić information content (AvgIpc) is 2.36. The summed E-state index contributed by atoms with van der Waals surface area (Å²) in [5.74, 6) is -1.78. The minimum atomic E-state index is -4.29. The Balaban J connectivity index is 2.63. The fourth-order valence-electron chi connectivity index (χ4n) is 1.37. The van der Waals surface area contributed by atoms with Crippen molar-refractivity contribution in [3.05, 3.63) is 29.6 Å². The predicted molar refractivity (Wildman–Crippen MR) is 66.9 cm³/mol. The van der Waals surface area contributed by atoms with Crippen LogP contribution in [-0.4, -0.2) is 40.5 Å². The molecule has 0 aromatic heterocycles. The molecule has 0 heterocycles. The summed E-state index contributed by atoms with van der Waals surface area (Å²) in [6.07, 6.45) is -2.60. The lowest BCUT2D eigenvalue weighted by Gasteiger charge is -2.07. The van der Waals surface area contributed by atoms with Crippen LogP contribution in [0.2, 0.25) is 0 Å². The van der Waals surface area contributed by atoms with Gasteiger partial charge in [-0.25, -0.2) is 26.7 Å². The molecule has 3 N–H and O–H groups in total. The number of benzene rings is 1. The Morgan fingerprint density at radius 1 is 1.38 bits per heavy atom. The molecule has 0 aliphatic rings. The van der Waals surface area contributed by atoms with Crippen LogP contribution in [0.15, 0.2) is 23.1 Å². The molecule has 0 bridgehead atoms. The molecular weight excluding hydrogens is 313 g/mol. The monoisotopic (exact) mass is 326 g/mol. The van der Waals surface area contributed by atoms with Gasteiger partial charge in [0.15, 0.2) is 0 Å². The van der Waals surface area contributed by atoms with E-state index in [2.05, 4.69) is 10.1 Å². The van der Waals surface area contributed by atoms with Crippen LogP contribution in [0.3, 0.4) is 0 Å². The highest BCUT2D eigenvalue weighted by molar-refractivity contribution is 7.89. The summed E-state index contributed by atoms with van der Waals surface area (Å²) in [4.78, 5) is 10.9. The van der Waals surface area contributed by atoms with Crippen molar-refractivity contribution >= 4 is 15.9 Å². The summed E-state index contributed by atoms with van der Waals surface area (Å²) in [7, 11) is -4.29. The van der Waals surface area contributed by atoms with Gasteiger partial charge in [-0.05, 0) is 18.2 Å². The molecule has 21 heavy (non-hydrogen) atoms. The van der Waals surface area contributed by atoms with Gasteiger partial charge in [0.1, 0.15) is 17.3 Å². The number of nitrogens with one attached hydrogen (secondary N) is 1. The molecule has 1 rings (SSSR count). The Labute approximate surface area is 119 Å². The van der Waals surface area contributed by atoms with Gasteiger partial charge in [0.25, 0.3) is 12.3 Å². The highest BCUT2D eigenvalue weighted by Crippen LogP contribution is 2.14. The highest BCUT2D eigenvalue weighted by Gasteiger charge is 2.17. The molecule has 0 spiro atoms. The maximum Gasteiger partial charge on any atom is 0.261 e. The van der Waals surface area contributed by atoms with Crippen molar-refractivity contribution in [1.82, 2.24) is 5.32 Å². The molecule has 1 aromatic rings. The zero-order valence-corrected chi connectivity index (χ0v) is 11.5. The van der Waals surface area contributed by atoms with Crippen molar-refractivity contribution in [1.29, 1.82) is 0 Å². The zero-order chi connectivity index (χ0) is 16.0. The number of nitrogens with two attached hydrogens (primary N) is 1. The van der Waals surface area contributed by atoms with Crippen LogP contribution in [0.5, 0.6) is 0 Å². The first kappa shape index (κ1) is 17.4. The Morgan fingerprint density at radius 2 is 2.05 bits per heavy atom. The van der Waals surface area contributed by atoms with Crippen LogP contribution >= 0.6 is 0 Å². The first-order valence-corrected chi connectivity index (χ1v) is 7.23. The number of hydrogen-bond donors (Lipinski definition) is 2. The summed E-state index contributed by atoms with van der Waals surface area (Å²) in [5.41, 5.74) is -0.130. The third kappa shape index (κ3) is 5.69. The van der Waals surface area contributed by atoms with Gasteiger partial charge in [-0.15, -0.1) is 0 Å². The topological polar surface area (TPSA) is 98.5 Å². The Morgan fingerprint density at radius 3 is 2.62 bits per heavy atom. The molecule has 118 valence electrons. The van der Waals surface area contributed by atoms with Crippen molar-refractivity contribution in [2.24, 2.45) is 5.14 Å². The van der Waals surface area contributed by atoms with Crippen molar-refractivity contribution < 1.29 is 31.1 Å². The molecule has 1 amide bonds. The molecule has 0 atom stereocenters. The SMILES string of the molecule is NS(=O)(=O)c1cc(C(=O)NCCOCC(F)F)ccc1F. The van der Waals surface area contributed by atoms with E-state index in [1.807, 2.05) is 0 Å². The van der Waals surface area contributed by atoms with Crippen LogP contribution in [0.4, 0.5) is 13.2 Å². The Bertz CT molecular complexity index is 607. The van der Waals surface area contributed by atoms with Crippen molar-refractivity contribution in [3.8, 4) is 0 Å². The average molecular weight is 326 g/mol. The third-order valence-corrected chi connectivity index (χ3v) is 3.20. The van der Waals surface area contributed by atoms with Crippen LogP contribution in [0, 0.1) is 5.82 Å². The van der Waals surface area contributed by atoms with E-state index in [1.54, 1.807) is 0 Å². The lowest BCUT2D eigenvalue weighted by atomic mass is 10.2. The van der Waals surface area contributed by atoms with E-state index in [0.29, 0.717) is 0 Å². The second kappa shape index (κ2) is 7.38. The smallest absolute Gasteiger partial charge is 0.261 e. The molecule has 0 aliphatic heterocycles. The summed E-state index contributed by atoms with van der Waals surface area (Å²) < 4.78 is 63.6.